The number of aromatic nitrogens is 2. The van der Waals surface area contributed by atoms with Gasteiger partial charge in [0.15, 0.2) is 0 Å². The molecule has 0 bridgehead atoms. The highest BCUT2D eigenvalue weighted by Gasteiger charge is 2.13. The van der Waals surface area contributed by atoms with Crippen molar-refractivity contribution in [3.8, 4) is 0 Å². The zero-order valence-corrected chi connectivity index (χ0v) is 23.0. The molecule has 0 aliphatic heterocycles. The molecular weight excluding hydrogens is 534 g/mol. The maximum absolute atomic E-state index is 12.4. The first-order valence-corrected chi connectivity index (χ1v) is 14.1. The van der Waals surface area contributed by atoms with Crippen molar-refractivity contribution < 1.29 is 22.6 Å². The lowest BCUT2D eigenvalue weighted by atomic mass is 10.2. The van der Waals surface area contributed by atoms with Crippen molar-refractivity contribution >= 4 is 34.0 Å². The third-order valence-corrected chi connectivity index (χ3v) is 6.71. The molecule has 2 amide bonds. The molecule has 0 fully saturated rings. The lowest BCUT2D eigenvalue weighted by Crippen LogP contribution is -2.29. The van der Waals surface area contributed by atoms with E-state index in [1.54, 1.807) is 42.7 Å². The Labute approximate surface area is 233 Å². The SMILES string of the molecule is CN(CCCCNC(=O)c1cccnc1)CCCNC(=O)c1ccc(NN=Cc2ccccc2S(=O)(=O)O)nc1. The largest absolute Gasteiger partial charge is 0.352 e. The Kier molecular flexibility index (Phi) is 11.7. The van der Waals surface area contributed by atoms with Crippen molar-refractivity contribution in [3.05, 3.63) is 83.8 Å². The quantitative estimate of drug-likeness (QED) is 0.0934. The van der Waals surface area contributed by atoms with Gasteiger partial charge in [0.1, 0.15) is 10.7 Å². The van der Waals surface area contributed by atoms with Gasteiger partial charge in [-0.1, -0.05) is 18.2 Å². The molecule has 0 spiro atoms. The molecule has 0 atom stereocenters. The van der Waals surface area contributed by atoms with Crippen LogP contribution in [0.25, 0.3) is 0 Å². The van der Waals surface area contributed by atoms with Crippen LogP contribution in [0.5, 0.6) is 0 Å². The second-order valence-electron chi connectivity index (χ2n) is 8.93. The van der Waals surface area contributed by atoms with Crippen LogP contribution in [0, 0.1) is 0 Å². The van der Waals surface area contributed by atoms with Gasteiger partial charge in [0.25, 0.3) is 21.9 Å². The molecule has 2 heterocycles. The minimum atomic E-state index is -4.37. The monoisotopic (exact) mass is 567 g/mol. The summed E-state index contributed by atoms with van der Waals surface area (Å²) >= 11 is 0. The fraction of sp³-hybridized carbons (Fsp3) is 0.296. The van der Waals surface area contributed by atoms with E-state index in [4.69, 9.17) is 0 Å². The van der Waals surface area contributed by atoms with E-state index >= 15 is 0 Å². The highest BCUT2D eigenvalue weighted by Crippen LogP contribution is 2.13. The van der Waals surface area contributed by atoms with Crippen LogP contribution < -0.4 is 16.1 Å². The van der Waals surface area contributed by atoms with E-state index in [9.17, 15) is 22.6 Å². The van der Waals surface area contributed by atoms with Gasteiger partial charge in [0.2, 0.25) is 0 Å². The first-order chi connectivity index (χ1) is 19.2. The zero-order valence-electron chi connectivity index (χ0n) is 22.2. The molecule has 2 aromatic heterocycles. The van der Waals surface area contributed by atoms with Gasteiger partial charge in [-0.05, 0) is 69.7 Å². The van der Waals surface area contributed by atoms with Crippen molar-refractivity contribution in [2.75, 3.05) is 38.7 Å². The number of carbonyl (C=O) groups excluding carboxylic acids is 2. The molecule has 3 aromatic rings. The Balaban J connectivity index is 1.30. The Morgan fingerprint density at radius 2 is 1.62 bits per heavy atom. The standard InChI is InChI=1S/C27H33N7O5S/c1-34(16-5-4-14-29-26(35)22-9-6-13-28-18-22)17-7-15-30-27(36)23-11-12-25(31-19-23)33-32-20-21-8-2-3-10-24(21)40(37,38)39/h2-3,6,8-13,18-20H,4-5,7,14-17H2,1H3,(H,29,35)(H,30,36)(H,31,33)(H,37,38,39). The van der Waals surface area contributed by atoms with Gasteiger partial charge in [-0.3, -0.25) is 24.6 Å². The van der Waals surface area contributed by atoms with E-state index in [-0.39, 0.29) is 22.3 Å². The van der Waals surface area contributed by atoms with Gasteiger partial charge in [-0.2, -0.15) is 13.5 Å². The van der Waals surface area contributed by atoms with E-state index in [1.165, 1.54) is 30.6 Å². The highest BCUT2D eigenvalue weighted by molar-refractivity contribution is 7.86. The van der Waals surface area contributed by atoms with Crippen LogP contribution in [0.2, 0.25) is 0 Å². The average Bonchev–Trinajstić information content (AvgIpc) is 2.95. The first-order valence-electron chi connectivity index (χ1n) is 12.7. The fourth-order valence-corrected chi connectivity index (χ4v) is 4.33. The Morgan fingerprint density at radius 3 is 2.30 bits per heavy atom. The molecule has 3 rings (SSSR count). The first kappa shape index (κ1) is 30.3. The van der Waals surface area contributed by atoms with E-state index < -0.39 is 10.1 Å². The minimum absolute atomic E-state index is 0.119. The number of hydrogen-bond acceptors (Lipinski definition) is 9. The number of rotatable bonds is 15. The van der Waals surface area contributed by atoms with Crippen molar-refractivity contribution in [1.82, 2.24) is 25.5 Å². The van der Waals surface area contributed by atoms with Crippen molar-refractivity contribution in [3.63, 3.8) is 0 Å². The number of unbranched alkanes of at least 4 members (excludes halogenated alkanes) is 1. The van der Waals surface area contributed by atoms with Crippen LogP contribution in [0.15, 0.2) is 77.1 Å². The Hall–Kier alpha value is -4.20. The predicted octanol–water partition coefficient (Wildman–Crippen LogP) is 2.43. The maximum Gasteiger partial charge on any atom is 0.295 e. The molecule has 0 saturated carbocycles. The summed E-state index contributed by atoms with van der Waals surface area (Å²) in [5.41, 5.74) is 3.82. The second kappa shape index (κ2) is 15.4. The Bertz CT molecular complexity index is 1380. The fourth-order valence-electron chi connectivity index (χ4n) is 3.66. The van der Waals surface area contributed by atoms with Gasteiger partial charge < -0.3 is 15.5 Å². The van der Waals surface area contributed by atoms with Gasteiger partial charge in [-0.15, -0.1) is 0 Å². The lowest BCUT2D eigenvalue weighted by molar-refractivity contribution is 0.0942. The summed E-state index contributed by atoms with van der Waals surface area (Å²) in [5, 5.41) is 9.72. The lowest BCUT2D eigenvalue weighted by Gasteiger charge is -2.16. The number of anilines is 1. The summed E-state index contributed by atoms with van der Waals surface area (Å²) in [6, 6.07) is 12.5. The number of nitrogens with one attached hydrogen (secondary N) is 3. The van der Waals surface area contributed by atoms with E-state index in [1.807, 2.05) is 7.05 Å². The highest BCUT2D eigenvalue weighted by atomic mass is 32.2. The van der Waals surface area contributed by atoms with Crippen molar-refractivity contribution in [1.29, 1.82) is 0 Å². The number of amides is 2. The number of benzene rings is 1. The maximum atomic E-state index is 12.4. The van der Waals surface area contributed by atoms with E-state index in [0.29, 0.717) is 30.0 Å². The number of pyridine rings is 2. The summed E-state index contributed by atoms with van der Waals surface area (Å²) in [6.45, 7) is 2.83. The summed E-state index contributed by atoms with van der Waals surface area (Å²) in [6.07, 6.45) is 8.44. The molecule has 4 N–H and O–H groups in total. The summed E-state index contributed by atoms with van der Waals surface area (Å²) < 4.78 is 32.2. The van der Waals surface area contributed by atoms with Crippen molar-refractivity contribution in [2.45, 2.75) is 24.2 Å². The smallest absolute Gasteiger partial charge is 0.295 e. The number of hydrogen-bond donors (Lipinski definition) is 4. The summed E-state index contributed by atoms with van der Waals surface area (Å²) in [7, 11) is -2.35. The van der Waals surface area contributed by atoms with Crippen LogP contribution in [0.4, 0.5) is 5.82 Å². The van der Waals surface area contributed by atoms with Crippen LogP contribution in [0.3, 0.4) is 0 Å². The Morgan fingerprint density at radius 1 is 0.925 bits per heavy atom. The molecule has 1 aromatic carbocycles. The molecule has 212 valence electrons. The molecule has 0 aliphatic rings. The molecule has 13 heteroatoms. The minimum Gasteiger partial charge on any atom is -0.352 e. The molecule has 0 unspecified atom stereocenters. The summed E-state index contributed by atoms with van der Waals surface area (Å²) in [5.74, 6) is -0.00114. The van der Waals surface area contributed by atoms with Crippen molar-refractivity contribution in [2.24, 2.45) is 5.10 Å². The second-order valence-corrected chi connectivity index (χ2v) is 10.3. The molecule has 0 aliphatic carbocycles. The van der Waals surface area contributed by atoms with Gasteiger partial charge in [0, 0.05) is 37.2 Å². The predicted molar refractivity (Wildman–Crippen MR) is 152 cm³/mol. The number of carbonyl (C=O) groups is 2. The average molecular weight is 568 g/mol. The summed E-state index contributed by atoms with van der Waals surface area (Å²) in [4.78, 5) is 34.4. The van der Waals surface area contributed by atoms with Crippen LogP contribution in [-0.2, 0) is 10.1 Å². The molecular formula is C27H33N7O5S. The zero-order chi connectivity index (χ0) is 28.8. The normalized spacial score (nSPS) is 11.5. The third kappa shape index (κ3) is 10.2. The van der Waals surface area contributed by atoms with Gasteiger partial charge >= 0.3 is 0 Å². The van der Waals surface area contributed by atoms with Gasteiger partial charge in [0.05, 0.1) is 17.3 Å². The third-order valence-electron chi connectivity index (χ3n) is 5.78. The van der Waals surface area contributed by atoms with Crippen LogP contribution in [-0.4, -0.2) is 79.1 Å². The van der Waals surface area contributed by atoms with Gasteiger partial charge in [-0.25, -0.2) is 4.98 Å². The number of nitrogens with zero attached hydrogens (tertiary/aromatic N) is 4. The van der Waals surface area contributed by atoms with E-state index in [2.05, 4.69) is 36.0 Å². The topological polar surface area (TPSA) is 166 Å². The molecule has 0 saturated heterocycles. The van der Waals surface area contributed by atoms with Crippen LogP contribution >= 0.6 is 0 Å². The molecule has 40 heavy (non-hydrogen) atoms. The van der Waals surface area contributed by atoms with Crippen LogP contribution in [0.1, 0.15) is 45.5 Å². The molecule has 12 nitrogen and oxygen atoms in total. The number of hydrazone groups is 1. The molecule has 0 radical (unpaired) electrons. The van der Waals surface area contributed by atoms with E-state index in [0.717, 1.165) is 32.4 Å².